The normalized spacial score (nSPS) is 17.1. The van der Waals surface area contributed by atoms with Gasteiger partial charge in [0.2, 0.25) is 5.91 Å². The van der Waals surface area contributed by atoms with Crippen molar-refractivity contribution in [2.24, 2.45) is 0 Å². The first-order valence-electron chi connectivity index (χ1n) is 8.72. The zero-order valence-corrected chi connectivity index (χ0v) is 17.1. The summed E-state index contributed by atoms with van der Waals surface area (Å²) in [6.07, 6.45) is 0. The quantitative estimate of drug-likeness (QED) is 0.790. The molecule has 1 amide bonds. The number of amides is 1. The summed E-state index contributed by atoms with van der Waals surface area (Å²) in [5.74, 6) is 0.769. The number of rotatable bonds is 5. The Labute approximate surface area is 171 Å². The summed E-state index contributed by atoms with van der Waals surface area (Å²) >= 11 is 6.23. The first-order chi connectivity index (χ1) is 12.6. The second-order valence-electron chi connectivity index (χ2n) is 6.46. The highest BCUT2D eigenvalue weighted by Gasteiger charge is 2.27. The average Bonchev–Trinajstić information content (AvgIpc) is 2.64. The number of carbonyl (C=O) groups excluding carboxylic acids is 1. The van der Waals surface area contributed by atoms with Crippen LogP contribution in [0.25, 0.3) is 0 Å². The van der Waals surface area contributed by atoms with Crippen LogP contribution in [0.1, 0.15) is 17.2 Å². The lowest BCUT2D eigenvalue weighted by molar-refractivity contribution is -0.118. The number of nitrogens with zero attached hydrogens (tertiary/aromatic N) is 1. The maximum absolute atomic E-state index is 12.6. The van der Waals surface area contributed by atoms with Gasteiger partial charge in [0.05, 0.1) is 30.4 Å². The molecule has 0 radical (unpaired) electrons. The number of ether oxygens (including phenoxy) is 1. The van der Waals surface area contributed by atoms with Crippen LogP contribution in [0.2, 0.25) is 5.02 Å². The summed E-state index contributed by atoms with van der Waals surface area (Å²) in [5.41, 5.74) is 2.79. The van der Waals surface area contributed by atoms with Crippen LogP contribution in [0.15, 0.2) is 42.5 Å². The highest BCUT2D eigenvalue weighted by Crippen LogP contribution is 2.30. The van der Waals surface area contributed by atoms with Crippen LogP contribution in [0, 0.1) is 6.92 Å². The van der Waals surface area contributed by atoms with Gasteiger partial charge < -0.3 is 15.4 Å². The van der Waals surface area contributed by atoms with E-state index in [0.29, 0.717) is 17.3 Å². The molecule has 27 heavy (non-hydrogen) atoms. The molecule has 0 aliphatic carbocycles. The number of halogens is 2. The Kier molecular flexibility index (Phi) is 7.92. The number of hydrogen-bond acceptors (Lipinski definition) is 4. The van der Waals surface area contributed by atoms with Crippen molar-refractivity contribution in [3.05, 3.63) is 58.6 Å². The first-order valence-corrected chi connectivity index (χ1v) is 9.10. The van der Waals surface area contributed by atoms with Crippen molar-refractivity contribution in [1.82, 2.24) is 10.2 Å². The van der Waals surface area contributed by atoms with Crippen molar-refractivity contribution in [2.45, 2.75) is 13.0 Å². The average molecular weight is 410 g/mol. The SMILES string of the molecule is COc1ccccc1C1CNCCN1CC(=O)Nc1ccc(C)cc1Cl.Cl. The molecule has 1 heterocycles. The molecule has 0 bridgehead atoms. The van der Waals surface area contributed by atoms with E-state index in [9.17, 15) is 4.79 Å². The second kappa shape index (κ2) is 9.95. The zero-order chi connectivity index (χ0) is 18.5. The molecule has 7 heteroatoms. The van der Waals surface area contributed by atoms with Gasteiger partial charge in [-0.2, -0.15) is 0 Å². The highest BCUT2D eigenvalue weighted by atomic mass is 35.5. The molecule has 1 atom stereocenters. The van der Waals surface area contributed by atoms with Gasteiger partial charge in [0.25, 0.3) is 0 Å². The number of anilines is 1. The third-order valence-electron chi connectivity index (χ3n) is 4.60. The lowest BCUT2D eigenvalue weighted by Gasteiger charge is -2.36. The molecule has 2 aromatic rings. The van der Waals surface area contributed by atoms with Gasteiger partial charge in [0.15, 0.2) is 0 Å². The molecule has 1 saturated heterocycles. The fraction of sp³-hybridized carbons (Fsp3) is 0.350. The van der Waals surface area contributed by atoms with E-state index in [-0.39, 0.29) is 24.4 Å². The fourth-order valence-electron chi connectivity index (χ4n) is 3.28. The third-order valence-corrected chi connectivity index (χ3v) is 4.91. The Morgan fingerprint density at radius 2 is 2.11 bits per heavy atom. The first kappa shape index (κ1) is 21.5. The molecule has 1 aliphatic rings. The number of hydrogen-bond donors (Lipinski definition) is 2. The fourth-order valence-corrected chi connectivity index (χ4v) is 3.56. The van der Waals surface area contributed by atoms with Gasteiger partial charge in [-0.1, -0.05) is 35.9 Å². The topological polar surface area (TPSA) is 53.6 Å². The number of carbonyl (C=O) groups is 1. The molecule has 1 aliphatic heterocycles. The van der Waals surface area contributed by atoms with E-state index in [1.807, 2.05) is 43.3 Å². The maximum atomic E-state index is 12.6. The number of methoxy groups -OCH3 is 1. The molecule has 1 fully saturated rings. The van der Waals surface area contributed by atoms with Gasteiger partial charge >= 0.3 is 0 Å². The Morgan fingerprint density at radius 1 is 1.33 bits per heavy atom. The van der Waals surface area contributed by atoms with Crippen molar-refractivity contribution in [3.8, 4) is 5.75 Å². The van der Waals surface area contributed by atoms with E-state index in [1.54, 1.807) is 7.11 Å². The summed E-state index contributed by atoms with van der Waals surface area (Å²) < 4.78 is 5.50. The van der Waals surface area contributed by atoms with Crippen molar-refractivity contribution in [2.75, 3.05) is 38.6 Å². The van der Waals surface area contributed by atoms with Crippen LogP contribution < -0.4 is 15.4 Å². The van der Waals surface area contributed by atoms with E-state index in [0.717, 1.165) is 36.5 Å². The van der Waals surface area contributed by atoms with E-state index in [2.05, 4.69) is 21.6 Å². The van der Waals surface area contributed by atoms with Crippen LogP contribution >= 0.6 is 24.0 Å². The lowest BCUT2D eigenvalue weighted by Crippen LogP contribution is -2.48. The number of piperazine rings is 1. The molecule has 0 saturated carbocycles. The van der Waals surface area contributed by atoms with Gasteiger partial charge in [-0.05, 0) is 30.7 Å². The predicted molar refractivity (Wildman–Crippen MR) is 112 cm³/mol. The summed E-state index contributed by atoms with van der Waals surface area (Å²) in [5, 5.41) is 6.88. The van der Waals surface area contributed by atoms with Crippen molar-refractivity contribution < 1.29 is 9.53 Å². The Hall–Kier alpha value is -1.79. The van der Waals surface area contributed by atoms with Crippen LogP contribution in [0.4, 0.5) is 5.69 Å². The summed E-state index contributed by atoms with van der Waals surface area (Å²) in [7, 11) is 1.67. The molecule has 2 N–H and O–H groups in total. The van der Waals surface area contributed by atoms with Crippen LogP contribution in [-0.2, 0) is 4.79 Å². The van der Waals surface area contributed by atoms with Crippen LogP contribution in [-0.4, -0.2) is 44.1 Å². The van der Waals surface area contributed by atoms with Crippen molar-refractivity contribution >= 4 is 35.6 Å². The Bertz CT molecular complexity index is 786. The Morgan fingerprint density at radius 3 is 2.85 bits per heavy atom. The largest absolute Gasteiger partial charge is 0.496 e. The van der Waals surface area contributed by atoms with Gasteiger partial charge in [-0.25, -0.2) is 0 Å². The zero-order valence-electron chi connectivity index (χ0n) is 15.5. The van der Waals surface area contributed by atoms with Gasteiger partial charge in [-0.3, -0.25) is 9.69 Å². The monoisotopic (exact) mass is 409 g/mol. The molecular formula is C20H25Cl2N3O2. The third kappa shape index (κ3) is 5.36. The lowest BCUT2D eigenvalue weighted by atomic mass is 10.0. The highest BCUT2D eigenvalue weighted by molar-refractivity contribution is 6.33. The molecule has 146 valence electrons. The molecular weight excluding hydrogens is 385 g/mol. The van der Waals surface area contributed by atoms with Crippen LogP contribution in [0.5, 0.6) is 5.75 Å². The minimum Gasteiger partial charge on any atom is -0.496 e. The van der Waals surface area contributed by atoms with Crippen molar-refractivity contribution in [1.29, 1.82) is 0 Å². The molecule has 1 unspecified atom stereocenters. The number of aryl methyl sites for hydroxylation is 1. The minimum atomic E-state index is -0.0717. The number of benzene rings is 2. The summed E-state index contributed by atoms with van der Waals surface area (Å²) in [4.78, 5) is 14.8. The maximum Gasteiger partial charge on any atom is 0.238 e. The molecule has 3 rings (SSSR count). The Balaban J connectivity index is 0.00000261. The summed E-state index contributed by atoms with van der Waals surface area (Å²) in [6, 6.07) is 13.7. The standard InChI is InChI=1S/C20H24ClN3O2.ClH/c1-14-7-8-17(16(21)11-14)23-20(25)13-24-10-9-22-12-18(24)15-5-3-4-6-19(15)26-2;/h3-8,11,18,22H,9-10,12-13H2,1-2H3,(H,23,25);1H. The van der Waals surface area contributed by atoms with E-state index in [4.69, 9.17) is 16.3 Å². The van der Waals surface area contributed by atoms with Crippen molar-refractivity contribution in [3.63, 3.8) is 0 Å². The molecule has 5 nitrogen and oxygen atoms in total. The van der Waals surface area contributed by atoms with Gasteiger partial charge in [0.1, 0.15) is 5.75 Å². The summed E-state index contributed by atoms with van der Waals surface area (Å²) in [6.45, 7) is 4.69. The predicted octanol–water partition coefficient (Wildman–Crippen LogP) is 3.66. The minimum absolute atomic E-state index is 0. The second-order valence-corrected chi connectivity index (χ2v) is 6.87. The van der Waals surface area contributed by atoms with E-state index < -0.39 is 0 Å². The molecule has 0 aromatic heterocycles. The molecule has 2 aromatic carbocycles. The van der Waals surface area contributed by atoms with Crippen LogP contribution in [0.3, 0.4) is 0 Å². The van der Waals surface area contributed by atoms with E-state index >= 15 is 0 Å². The number of nitrogens with one attached hydrogen (secondary N) is 2. The van der Waals surface area contributed by atoms with Gasteiger partial charge in [-0.15, -0.1) is 12.4 Å². The van der Waals surface area contributed by atoms with E-state index in [1.165, 1.54) is 0 Å². The molecule has 0 spiro atoms. The number of para-hydroxylation sites is 1. The van der Waals surface area contributed by atoms with Gasteiger partial charge in [0, 0.05) is 25.2 Å². The smallest absolute Gasteiger partial charge is 0.238 e.